The highest BCUT2D eigenvalue weighted by Gasteiger charge is 2.07. The second-order valence-electron chi connectivity index (χ2n) is 7.88. The first kappa shape index (κ1) is 26.6. The number of nitrogens with zero attached hydrogens (tertiary/aromatic N) is 3. The van der Waals surface area contributed by atoms with Crippen LogP contribution < -0.4 is 26.4 Å². The zero-order valence-corrected chi connectivity index (χ0v) is 20.1. The first-order chi connectivity index (χ1) is 16.1. The fraction of sp³-hybridized carbons (Fsp3) is 0.609. The molecule has 184 valence electrons. The Bertz CT molecular complexity index is 775. The second kappa shape index (κ2) is 16.0. The van der Waals surface area contributed by atoms with E-state index in [9.17, 15) is 0 Å². The number of nitrogens with two attached hydrogens (primary N) is 1. The van der Waals surface area contributed by atoms with Crippen molar-refractivity contribution in [2.75, 3.05) is 75.7 Å². The minimum absolute atomic E-state index is 0.506. The van der Waals surface area contributed by atoms with E-state index in [1.165, 1.54) is 5.56 Å². The van der Waals surface area contributed by atoms with E-state index in [0.29, 0.717) is 69.8 Å². The van der Waals surface area contributed by atoms with Gasteiger partial charge in [-0.1, -0.05) is 26.0 Å². The highest BCUT2D eigenvalue weighted by atomic mass is 16.5. The summed E-state index contributed by atoms with van der Waals surface area (Å²) in [7, 11) is 1.67. The maximum absolute atomic E-state index is 5.54. The van der Waals surface area contributed by atoms with Crippen molar-refractivity contribution in [2.24, 2.45) is 11.7 Å². The summed E-state index contributed by atoms with van der Waals surface area (Å²) in [4.78, 5) is 13.5. The van der Waals surface area contributed by atoms with Crippen LogP contribution in [0.3, 0.4) is 0 Å². The summed E-state index contributed by atoms with van der Waals surface area (Å²) in [6.07, 6.45) is 1.88. The van der Waals surface area contributed by atoms with E-state index in [0.717, 1.165) is 25.1 Å². The normalized spacial score (nSPS) is 10.9. The molecule has 5 N–H and O–H groups in total. The molecule has 0 bridgehead atoms. The van der Waals surface area contributed by atoms with Crippen LogP contribution >= 0.6 is 0 Å². The highest BCUT2D eigenvalue weighted by Crippen LogP contribution is 2.13. The summed E-state index contributed by atoms with van der Waals surface area (Å²) in [5, 5.41) is 9.80. The van der Waals surface area contributed by atoms with Crippen molar-refractivity contribution in [1.29, 1.82) is 0 Å². The van der Waals surface area contributed by atoms with Gasteiger partial charge in [0.2, 0.25) is 17.8 Å². The monoisotopic (exact) mass is 461 g/mol. The van der Waals surface area contributed by atoms with Gasteiger partial charge in [-0.3, -0.25) is 0 Å². The lowest BCUT2D eigenvalue weighted by molar-refractivity contribution is 0.0547. The van der Waals surface area contributed by atoms with Gasteiger partial charge in [0.15, 0.2) is 0 Å². The SMILES string of the molecule is COc1ccc(CCNc2nc(NCCOCCOCCN)nc(NCCC(C)C)n2)cc1. The molecule has 2 aromatic rings. The lowest BCUT2D eigenvalue weighted by Crippen LogP contribution is -2.18. The van der Waals surface area contributed by atoms with E-state index >= 15 is 0 Å². The van der Waals surface area contributed by atoms with Crippen LogP contribution in [-0.4, -0.2) is 74.7 Å². The van der Waals surface area contributed by atoms with Gasteiger partial charge < -0.3 is 35.9 Å². The molecule has 0 amide bonds. The van der Waals surface area contributed by atoms with Crippen molar-refractivity contribution in [3.05, 3.63) is 29.8 Å². The number of nitrogens with one attached hydrogen (secondary N) is 3. The van der Waals surface area contributed by atoms with Crippen molar-refractivity contribution in [2.45, 2.75) is 26.7 Å². The molecule has 10 nitrogen and oxygen atoms in total. The topological polar surface area (TPSA) is 128 Å². The number of rotatable bonds is 18. The highest BCUT2D eigenvalue weighted by molar-refractivity contribution is 5.42. The third-order valence-corrected chi connectivity index (χ3v) is 4.66. The molecule has 0 aliphatic carbocycles. The van der Waals surface area contributed by atoms with Crippen LogP contribution in [0.15, 0.2) is 24.3 Å². The molecule has 0 atom stereocenters. The maximum Gasteiger partial charge on any atom is 0.229 e. The predicted molar refractivity (Wildman–Crippen MR) is 132 cm³/mol. The second-order valence-corrected chi connectivity index (χ2v) is 7.88. The standard InChI is InChI=1S/C23H39N7O3/c1-18(2)8-11-25-21-28-22(26-12-9-19-4-6-20(31-3)7-5-19)30-23(29-21)27-13-15-33-17-16-32-14-10-24/h4-7,18H,8-17,24H2,1-3H3,(H3,25,26,27,28,29,30). The molecule has 0 aliphatic rings. The van der Waals surface area contributed by atoms with Crippen molar-refractivity contribution in [1.82, 2.24) is 15.0 Å². The lowest BCUT2D eigenvalue weighted by Gasteiger charge is -2.12. The molecule has 0 aliphatic heterocycles. The number of benzene rings is 1. The Labute approximate surface area is 197 Å². The summed E-state index contributed by atoms with van der Waals surface area (Å²) >= 11 is 0. The van der Waals surface area contributed by atoms with Gasteiger partial charge in [0.1, 0.15) is 5.75 Å². The van der Waals surface area contributed by atoms with E-state index in [1.807, 2.05) is 12.1 Å². The summed E-state index contributed by atoms with van der Waals surface area (Å²) in [5.74, 6) is 3.04. The molecule has 10 heteroatoms. The third-order valence-electron chi connectivity index (χ3n) is 4.66. The van der Waals surface area contributed by atoms with Crippen molar-refractivity contribution in [3.63, 3.8) is 0 Å². The molecule has 33 heavy (non-hydrogen) atoms. The molecule has 1 aromatic heterocycles. The molecule has 0 saturated heterocycles. The molecule has 0 spiro atoms. The summed E-state index contributed by atoms with van der Waals surface area (Å²) in [5.41, 5.74) is 6.59. The Morgan fingerprint density at radius 2 is 1.36 bits per heavy atom. The van der Waals surface area contributed by atoms with Gasteiger partial charge in [-0.05, 0) is 36.5 Å². The van der Waals surface area contributed by atoms with Gasteiger partial charge in [0.25, 0.3) is 0 Å². The third kappa shape index (κ3) is 11.7. The Balaban J connectivity index is 1.85. The van der Waals surface area contributed by atoms with Crippen LogP contribution in [0, 0.1) is 5.92 Å². The molecule has 1 aromatic carbocycles. The average molecular weight is 462 g/mol. The summed E-state index contributed by atoms with van der Waals surface area (Å²) in [6, 6.07) is 8.04. The maximum atomic E-state index is 5.54. The molecule has 2 rings (SSSR count). The Morgan fingerprint density at radius 3 is 1.94 bits per heavy atom. The quantitative estimate of drug-likeness (QED) is 0.246. The molecule has 0 saturated carbocycles. The molecule has 0 fully saturated rings. The van der Waals surface area contributed by atoms with Gasteiger partial charge in [-0.25, -0.2) is 0 Å². The van der Waals surface area contributed by atoms with Crippen molar-refractivity contribution < 1.29 is 14.2 Å². The van der Waals surface area contributed by atoms with E-state index in [2.05, 4.69) is 56.9 Å². The number of anilines is 3. The number of hydrogen-bond donors (Lipinski definition) is 4. The van der Waals surface area contributed by atoms with Crippen LogP contribution in [-0.2, 0) is 15.9 Å². The number of ether oxygens (including phenoxy) is 3. The minimum atomic E-state index is 0.506. The molecular weight excluding hydrogens is 422 g/mol. The van der Waals surface area contributed by atoms with Crippen LogP contribution in [0.2, 0.25) is 0 Å². The number of hydrogen-bond acceptors (Lipinski definition) is 10. The molecule has 1 heterocycles. The lowest BCUT2D eigenvalue weighted by atomic mass is 10.1. The number of methoxy groups -OCH3 is 1. The van der Waals surface area contributed by atoms with E-state index in [4.69, 9.17) is 19.9 Å². The van der Waals surface area contributed by atoms with Gasteiger partial charge in [0, 0.05) is 26.2 Å². The molecular formula is C23H39N7O3. The minimum Gasteiger partial charge on any atom is -0.497 e. The smallest absolute Gasteiger partial charge is 0.229 e. The van der Waals surface area contributed by atoms with Crippen LogP contribution in [0.4, 0.5) is 17.8 Å². The summed E-state index contributed by atoms with van der Waals surface area (Å²) in [6.45, 7) is 9.12. The van der Waals surface area contributed by atoms with Gasteiger partial charge in [-0.2, -0.15) is 15.0 Å². The number of aromatic nitrogens is 3. The Morgan fingerprint density at radius 1 is 0.788 bits per heavy atom. The Kier molecular flexibility index (Phi) is 12.9. The van der Waals surface area contributed by atoms with Gasteiger partial charge >= 0.3 is 0 Å². The van der Waals surface area contributed by atoms with Crippen LogP contribution in [0.1, 0.15) is 25.8 Å². The fourth-order valence-electron chi connectivity index (χ4n) is 2.84. The summed E-state index contributed by atoms with van der Waals surface area (Å²) < 4.78 is 16.0. The van der Waals surface area contributed by atoms with E-state index < -0.39 is 0 Å². The fourth-order valence-corrected chi connectivity index (χ4v) is 2.84. The average Bonchev–Trinajstić information content (AvgIpc) is 2.81. The molecule has 0 radical (unpaired) electrons. The van der Waals surface area contributed by atoms with Crippen molar-refractivity contribution >= 4 is 17.8 Å². The Hall–Kier alpha value is -2.69. The largest absolute Gasteiger partial charge is 0.497 e. The predicted octanol–water partition coefficient (Wildman–Crippen LogP) is 2.40. The molecule has 0 unspecified atom stereocenters. The van der Waals surface area contributed by atoms with Crippen LogP contribution in [0.5, 0.6) is 5.75 Å². The van der Waals surface area contributed by atoms with E-state index in [1.54, 1.807) is 7.11 Å². The van der Waals surface area contributed by atoms with Crippen molar-refractivity contribution in [3.8, 4) is 5.75 Å². The van der Waals surface area contributed by atoms with Gasteiger partial charge in [-0.15, -0.1) is 0 Å². The van der Waals surface area contributed by atoms with E-state index in [-0.39, 0.29) is 0 Å². The first-order valence-electron chi connectivity index (χ1n) is 11.6. The zero-order valence-electron chi connectivity index (χ0n) is 20.1. The van der Waals surface area contributed by atoms with Crippen LogP contribution in [0.25, 0.3) is 0 Å². The van der Waals surface area contributed by atoms with Gasteiger partial charge in [0.05, 0.1) is 33.5 Å². The zero-order chi connectivity index (χ0) is 23.7. The first-order valence-corrected chi connectivity index (χ1v) is 11.6.